The van der Waals surface area contributed by atoms with E-state index in [-0.39, 0.29) is 11.3 Å². The first-order valence-electron chi connectivity index (χ1n) is 8.95. The zero-order chi connectivity index (χ0) is 21.6. The van der Waals surface area contributed by atoms with Crippen molar-refractivity contribution >= 4 is 29.3 Å². The van der Waals surface area contributed by atoms with Crippen LogP contribution in [-0.4, -0.2) is 11.8 Å². The fourth-order valence-corrected chi connectivity index (χ4v) is 2.64. The van der Waals surface area contributed by atoms with Crippen molar-refractivity contribution in [3.63, 3.8) is 0 Å². The molecule has 0 radical (unpaired) electrons. The highest BCUT2D eigenvalue weighted by atomic mass is 19.4. The quantitative estimate of drug-likeness (QED) is 0.338. The summed E-state index contributed by atoms with van der Waals surface area (Å²) < 4.78 is 38.8. The molecule has 30 heavy (non-hydrogen) atoms. The number of rotatable bonds is 5. The van der Waals surface area contributed by atoms with Crippen molar-refractivity contribution < 1.29 is 22.8 Å². The van der Waals surface area contributed by atoms with Gasteiger partial charge in [-0.1, -0.05) is 54.6 Å². The summed E-state index contributed by atoms with van der Waals surface area (Å²) in [5.41, 5.74) is -0.144. The average Bonchev–Trinajstić information content (AvgIpc) is 2.73. The number of anilines is 2. The summed E-state index contributed by atoms with van der Waals surface area (Å²) >= 11 is 0. The van der Waals surface area contributed by atoms with E-state index in [1.807, 2.05) is 0 Å². The molecule has 0 bridgehead atoms. The monoisotopic (exact) mass is 410 g/mol. The van der Waals surface area contributed by atoms with Gasteiger partial charge in [-0.15, -0.1) is 0 Å². The Bertz CT molecular complexity index is 1060. The molecule has 2 N–H and O–H groups in total. The first-order valence-corrected chi connectivity index (χ1v) is 8.95. The molecule has 3 aromatic rings. The average molecular weight is 410 g/mol. The number of carbonyl (C=O) groups is 2. The van der Waals surface area contributed by atoms with E-state index >= 15 is 0 Å². The standard InChI is InChI=1S/C23H17F3N2O2/c24-23(25,26)17-10-7-13-19(15-17)28-22(30)20(14-16-8-3-1-4-9-16)21(29)27-18-11-5-2-6-12-18/h1-15H,(H,27,29)(H,28,30)/b20-14+. The van der Waals surface area contributed by atoms with E-state index in [9.17, 15) is 22.8 Å². The summed E-state index contributed by atoms with van der Waals surface area (Å²) in [5.74, 6) is -1.51. The Balaban J connectivity index is 1.89. The number of alkyl halides is 3. The van der Waals surface area contributed by atoms with Crippen molar-refractivity contribution in [2.75, 3.05) is 10.6 Å². The molecule has 7 heteroatoms. The van der Waals surface area contributed by atoms with Crippen molar-refractivity contribution in [1.82, 2.24) is 0 Å². The third-order valence-electron chi connectivity index (χ3n) is 4.08. The lowest BCUT2D eigenvalue weighted by atomic mass is 10.1. The van der Waals surface area contributed by atoms with E-state index in [2.05, 4.69) is 10.6 Å². The third kappa shape index (κ3) is 5.57. The van der Waals surface area contributed by atoms with Crippen LogP contribution in [-0.2, 0) is 15.8 Å². The second-order valence-electron chi connectivity index (χ2n) is 6.32. The summed E-state index contributed by atoms with van der Waals surface area (Å²) in [5, 5.41) is 4.99. The predicted octanol–water partition coefficient (Wildman–Crippen LogP) is 5.37. The summed E-state index contributed by atoms with van der Waals surface area (Å²) in [6.07, 6.45) is -3.17. The fourth-order valence-electron chi connectivity index (χ4n) is 2.64. The minimum atomic E-state index is -4.55. The molecule has 0 unspecified atom stereocenters. The Morgan fingerprint density at radius 1 is 0.700 bits per heavy atom. The summed E-state index contributed by atoms with van der Waals surface area (Å²) in [7, 11) is 0. The minimum absolute atomic E-state index is 0.0682. The number of hydrogen-bond donors (Lipinski definition) is 2. The van der Waals surface area contributed by atoms with Gasteiger partial charge >= 0.3 is 6.18 Å². The summed E-state index contributed by atoms with van der Waals surface area (Å²) in [6, 6.07) is 21.4. The van der Waals surface area contributed by atoms with Crippen LogP contribution in [0.25, 0.3) is 6.08 Å². The van der Waals surface area contributed by atoms with Gasteiger partial charge in [0.05, 0.1) is 5.56 Å². The van der Waals surface area contributed by atoms with Crippen molar-refractivity contribution in [1.29, 1.82) is 0 Å². The molecule has 3 aromatic carbocycles. The van der Waals surface area contributed by atoms with Gasteiger partial charge in [0.2, 0.25) is 0 Å². The van der Waals surface area contributed by atoms with Crippen LogP contribution in [0, 0.1) is 0 Å². The minimum Gasteiger partial charge on any atom is -0.322 e. The number of nitrogens with one attached hydrogen (secondary N) is 2. The van der Waals surface area contributed by atoms with Crippen molar-refractivity contribution in [2.45, 2.75) is 6.18 Å². The molecule has 0 fully saturated rings. The first-order chi connectivity index (χ1) is 14.3. The molecular weight excluding hydrogens is 393 g/mol. The van der Waals surface area contributed by atoms with Gasteiger partial charge in [0, 0.05) is 11.4 Å². The second-order valence-corrected chi connectivity index (χ2v) is 6.32. The largest absolute Gasteiger partial charge is 0.416 e. The molecular formula is C23H17F3N2O2. The number of halogens is 3. The molecule has 0 heterocycles. The SMILES string of the molecule is O=C(Nc1ccccc1)/C(=C\c1ccccc1)C(=O)Nc1cccc(C(F)(F)F)c1. The molecule has 0 saturated heterocycles. The molecule has 3 rings (SSSR count). The van der Waals surface area contributed by atoms with E-state index in [1.54, 1.807) is 60.7 Å². The molecule has 0 aliphatic carbocycles. The zero-order valence-electron chi connectivity index (χ0n) is 15.6. The maximum atomic E-state index is 12.9. The van der Waals surface area contributed by atoms with Crippen LogP contribution in [0.3, 0.4) is 0 Å². The Hall–Kier alpha value is -3.87. The van der Waals surface area contributed by atoms with Gasteiger partial charge in [-0.3, -0.25) is 9.59 Å². The van der Waals surface area contributed by atoms with Gasteiger partial charge in [-0.05, 0) is 42.0 Å². The van der Waals surface area contributed by atoms with Crippen LogP contribution in [0.4, 0.5) is 24.5 Å². The highest BCUT2D eigenvalue weighted by Gasteiger charge is 2.30. The molecule has 0 atom stereocenters. The van der Waals surface area contributed by atoms with Gasteiger partial charge in [0.25, 0.3) is 11.8 Å². The van der Waals surface area contributed by atoms with Gasteiger partial charge in [-0.25, -0.2) is 0 Å². The lowest BCUT2D eigenvalue weighted by molar-refractivity contribution is -0.137. The van der Waals surface area contributed by atoms with Crippen LogP contribution in [0.5, 0.6) is 0 Å². The molecule has 0 saturated carbocycles. The summed E-state index contributed by atoms with van der Waals surface area (Å²) in [6.45, 7) is 0. The van der Waals surface area contributed by atoms with E-state index < -0.39 is 23.6 Å². The molecule has 152 valence electrons. The smallest absolute Gasteiger partial charge is 0.322 e. The van der Waals surface area contributed by atoms with Crippen LogP contribution < -0.4 is 10.6 Å². The first kappa shape index (κ1) is 20.9. The molecule has 0 aliphatic rings. The Morgan fingerprint density at radius 3 is 1.83 bits per heavy atom. The maximum Gasteiger partial charge on any atom is 0.416 e. The Kier molecular flexibility index (Phi) is 6.32. The Labute approximate surface area is 171 Å². The van der Waals surface area contributed by atoms with Gasteiger partial charge in [-0.2, -0.15) is 13.2 Å². The highest BCUT2D eigenvalue weighted by Crippen LogP contribution is 2.30. The molecule has 2 amide bonds. The van der Waals surface area contributed by atoms with Crippen molar-refractivity contribution in [2.24, 2.45) is 0 Å². The molecule has 4 nitrogen and oxygen atoms in total. The van der Waals surface area contributed by atoms with Crippen LogP contribution >= 0.6 is 0 Å². The third-order valence-corrected chi connectivity index (χ3v) is 4.08. The van der Waals surface area contributed by atoms with Gasteiger partial charge < -0.3 is 10.6 Å². The van der Waals surface area contributed by atoms with Gasteiger partial charge in [0.15, 0.2) is 0 Å². The number of benzene rings is 3. The Morgan fingerprint density at radius 2 is 1.23 bits per heavy atom. The van der Waals surface area contributed by atoms with E-state index in [0.717, 1.165) is 12.1 Å². The molecule has 0 aromatic heterocycles. The van der Waals surface area contributed by atoms with E-state index in [0.29, 0.717) is 11.3 Å². The van der Waals surface area contributed by atoms with Crippen LogP contribution in [0.2, 0.25) is 0 Å². The fraction of sp³-hybridized carbons (Fsp3) is 0.0435. The topological polar surface area (TPSA) is 58.2 Å². The highest BCUT2D eigenvalue weighted by molar-refractivity contribution is 6.28. The lowest BCUT2D eigenvalue weighted by Gasteiger charge is -2.12. The predicted molar refractivity (Wildman–Crippen MR) is 110 cm³/mol. The number of hydrogen-bond acceptors (Lipinski definition) is 2. The maximum absolute atomic E-state index is 12.9. The number of carbonyl (C=O) groups excluding carboxylic acids is 2. The van der Waals surface area contributed by atoms with E-state index in [1.165, 1.54) is 18.2 Å². The zero-order valence-corrected chi connectivity index (χ0v) is 15.6. The van der Waals surface area contributed by atoms with Crippen molar-refractivity contribution in [3.8, 4) is 0 Å². The summed E-state index contributed by atoms with van der Waals surface area (Å²) in [4.78, 5) is 25.5. The van der Waals surface area contributed by atoms with Crippen molar-refractivity contribution in [3.05, 3.63) is 102 Å². The normalized spacial score (nSPS) is 11.6. The second kappa shape index (κ2) is 9.09. The number of para-hydroxylation sites is 1. The molecule has 0 aliphatic heterocycles. The van der Waals surface area contributed by atoms with Crippen LogP contribution in [0.1, 0.15) is 11.1 Å². The van der Waals surface area contributed by atoms with E-state index in [4.69, 9.17) is 0 Å². The lowest BCUT2D eigenvalue weighted by Crippen LogP contribution is -2.25. The molecule has 0 spiro atoms. The number of amides is 2. The van der Waals surface area contributed by atoms with Gasteiger partial charge in [0.1, 0.15) is 5.57 Å². The van der Waals surface area contributed by atoms with Crippen LogP contribution in [0.15, 0.2) is 90.5 Å².